The molecule has 0 saturated carbocycles. The zero-order valence-corrected chi connectivity index (χ0v) is 16.8. The molecular formula is C20H21Cl2N3O2. The van der Waals surface area contributed by atoms with Crippen LogP contribution in [0.2, 0.25) is 10.0 Å². The zero-order valence-electron chi connectivity index (χ0n) is 15.3. The molecule has 0 aliphatic rings. The maximum atomic E-state index is 12.2. The summed E-state index contributed by atoms with van der Waals surface area (Å²) in [4.78, 5) is 18.8. The molecule has 1 heterocycles. The van der Waals surface area contributed by atoms with Crippen LogP contribution < -0.4 is 0 Å². The first-order chi connectivity index (χ1) is 12.9. The van der Waals surface area contributed by atoms with E-state index in [-0.39, 0.29) is 12.4 Å². The van der Waals surface area contributed by atoms with Gasteiger partial charge >= 0.3 is 5.97 Å². The van der Waals surface area contributed by atoms with Crippen molar-refractivity contribution in [2.24, 2.45) is 0 Å². The lowest BCUT2D eigenvalue weighted by Crippen LogP contribution is -2.21. The predicted molar refractivity (Wildman–Crippen MR) is 109 cm³/mol. The van der Waals surface area contributed by atoms with Crippen molar-refractivity contribution in [3.05, 3.63) is 63.9 Å². The van der Waals surface area contributed by atoms with Gasteiger partial charge in [0.2, 0.25) is 0 Å². The highest BCUT2D eigenvalue weighted by molar-refractivity contribution is 6.31. The standard InChI is InChI=1S/C20H21Cl2N3O2/c1-24(2)9-10-27-20(26)12-19-23-17-11-16(22)7-8-18(17)25(19)13-14-3-5-15(21)6-4-14/h3-8,11H,9-10,12-13H2,1-2H3. The summed E-state index contributed by atoms with van der Waals surface area (Å²) in [5.41, 5.74) is 2.74. The molecule has 0 bridgehead atoms. The van der Waals surface area contributed by atoms with E-state index >= 15 is 0 Å². The number of halogens is 2. The van der Waals surface area contributed by atoms with Crippen LogP contribution in [-0.2, 0) is 22.5 Å². The van der Waals surface area contributed by atoms with E-state index in [0.717, 1.165) is 16.6 Å². The van der Waals surface area contributed by atoms with E-state index in [0.29, 0.717) is 35.6 Å². The van der Waals surface area contributed by atoms with Gasteiger partial charge in [-0.3, -0.25) is 4.79 Å². The van der Waals surface area contributed by atoms with Crippen molar-refractivity contribution < 1.29 is 9.53 Å². The molecule has 3 rings (SSSR count). The lowest BCUT2D eigenvalue weighted by atomic mass is 10.2. The number of imidazole rings is 1. The molecular weight excluding hydrogens is 385 g/mol. The number of likely N-dealkylation sites (N-methyl/N-ethyl adjacent to an activating group) is 1. The Balaban J connectivity index is 1.86. The van der Waals surface area contributed by atoms with E-state index in [4.69, 9.17) is 27.9 Å². The number of nitrogens with zero attached hydrogens (tertiary/aromatic N) is 3. The molecule has 142 valence electrons. The highest BCUT2D eigenvalue weighted by atomic mass is 35.5. The van der Waals surface area contributed by atoms with Crippen molar-refractivity contribution in [2.75, 3.05) is 27.2 Å². The molecule has 0 aliphatic heterocycles. The first kappa shape index (κ1) is 19.7. The highest BCUT2D eigenvalue weighted by Crippen LogP contribution is 2.23. The lowest BCUT2D eigenvalue weighted by Gasteiger charge is -2.11. The first-order valence-electron chi connectivity index (χ1n) is 8.62. The molecule has 0 amide bonds. The van der Waals surface area contributed by atoms with Gasteiger partial charge in [0.1, 0.15) is 18.9 Å². The van der Waals surface area contributed by atoms with Gasteiger partial charge in [0.25, 0.3) is 0 Å². The highest BCUT2D eigenvalue weighted by Gasteiger charge is 2.16. The molecule has 5 nitrogen and oxygen atoms in total. The molecule has 0 fully saturated rings. The molecule has 0 unspecified atom stereocenters. The van der Waals surface area contributed by atoms with Crippen molar-refractivity contribution in [2.45, 2.75) is 13.0 Å². The molecule has 0 aliphatic carbocycles. The number of ether oxygens (including phenoxy) is 1. The van der Waals surface area contributed by atoms with Gasteiger partial charge in [-0.05, 0) is 50.0 Å². The van der Waals surface area contributed by atoms with Crippen LogP contribution in [0, 0.1) is 0 Å². The van der Waals surface area contributed by atoms with Gasteiger partial charge in [0.15, 0.2) is 0 Å². The molecule has 0 N–H and O–H groups in total. The van der Waals surface area contributed by atoms with E-state index in [1.807, 2.05) is 60.0 Å². The maximum absolute atomic E-state index is 12.2. The van der Waals surface area contributed by atoms with Gasteiger partial charge < -0.3 is 14.2 Å². The van der Waals surface area contributed by atoms with Crippen LogP contribution in [0.25, 0.3) is 11.0 Å². The topological polar surface area (TPSA) is 47.4 Å². The Labute approximate surface area is 168 Å². The number of esters is 1. The van der Waals surface area contributed by atoms with Gasteiger partial charge in [0.05, 0.1) is 11.0 Å². The number of carbonyl (C=O) groups is 1. The quantitative estimate of drug-likeness (QED) is 0.556. The maximum Gasteiger partial charge on any atom is 0.313 e. The Morgan fingerprint density at radius 2 is 1.81 bits per heavy atom. The van der Waals surface area contributed by atoms with Crippen LogP contribution in [0.1, 0.15) is 11.4 Å². The Morgan fingerprint density at radius 3 is 2.52 bits per heavy atom. The van der Waals surface area contributed by atoms with E-state index in [1.54, 1.807) is 6.07 Å². The summed E-state index contributed by atoms with van der Waals surface area (Å²) in [5.74, 6) is 0.354. The molecule has 2 aromatic carbocycles. The Bertz CT molecular complexity index is 936. The summed E-state index contributed by atoms with van der Waals surface area (Å²) in [5, 5.41) is 1.30. The Morgan fingerprint density at radius 1 is 1.11 bits per heavy atom. The average molecular weight is 406 g/mol. The molecule has 27 heavy (non-hydrogen) atoms. The van der Waals surface area contributed by atoms with Crippen molar-refractivity contribution in [3.8, 4) is 0 Å². The van der Waals surface area contributed by atoms with Crippen LogP contribution in [-0.4, -0.2) is 47.7 Å². The van der Waals surface area contributed by atoms with Crippen molar-refractivity contribution in [3.63, 3.8) is 0 Å². The number of benzene rings is 2. The predicted octanol–water partition coefficient (Wildman–Crippen LogP) is 4.04. The van der Waals surface area contributed by atoms with Gasteiger partial charge in [-0.25, -0.2) is 4.98 Å². The van der Waals surface area contributed by atoms with Gasteiger partial charge in [-0.15, -0.1) is 0 Å². The van der Waals surface area contributed by atoms with Crippen LogP contribution in [0.3, 0.4) is 0 Å². The molecule has 3 aromatic rings. The van der Waals surface area contributed by atoms with E-state index in [2.05, 4.69) is 4.98 Å². The van der Waals surface area contributed by atoms with Gasteiger partial charge in [-0.2, -0.15) is 0 Å². The summed E-state index contributed by atoms with van der Waals surface area (Å²) in [6.07, 6.45) is 0.104. The summed E-state index contributed by atoms with van der Waals surface area (Å²) >= 11 is 12.1. The number of hydrogen-bond acceptors (Lipinski definition) is 4. The first-order valence-corrected chi connectivity index (χ1v) is 9.37. The van der Waals surface area contributed by atoms with Crippen molar-refractivity contribution in [1.82, 2.24) is 14.5 Å². The molecule has 0 atom stereocenters. The third-order valence-electron chi connectivity index (χ3n) is 4.15. The molecule has 0 radical (unpaired) electrons. The number of rotatable bonds is 7. The smallest absolute Gasteiger partial charge is 0.313 e. The SMILES string of the molecule is CN(C)CCOC(=O)Cc1nc2cc(Cl)ccc2n1Cc1ccc(Cl)cc1. The second kappa shape index (κ2) is 8.74. The fraction of sp³-hybridized carbons (Fsp3) is 0.300. The van der Waals surface area contributed by atoms with E-state index in [9.17, 15) is 4.79 Å². The van der Waals surface area contributed by atoms with Crippen LogP contribution in [0.4, 0.5) is 0 Å². The monoisotopic (exact) mass is 405 g/mol. The fourth-order valence-electron chi connectivity index (χ4n) is 2.76. The Kier molecular flexibility index (Phi) is 6.37. The third kappa shape index (κ3) is 5.22. The van der Waals surface area contributed by atoms with Gasteiger partial charge in [-0.1, -0.05) is 35.3 Å². The van der Waals surface area contributed by atoms with Crippen molar-refractivity contribution in [1.29, 1.82) is 0 Å². The van der Waals surface area contributed by atoms with Gasteiger partial charge in [0, 0.05) is 23.1 Å². The van der Waals surface area contributed by atoms with E-state index < -0.39 is 0 Å². The van der Waals surface area contributed by atoms with Crippen LogP contribution >= 0.6 is 23.2 Å². The minimum absolute atomic E-state index is 0.104. The third-order valence-corrected chi connectivity index (χ3v) is 4.63. The molecule has 1 aromatic heterocycles. The number of fused-ring (bicyclic) bond motifs is 1. The Hall–Kier alpha value is -2.08. The lowest BCUT2D eigenvalue weighted by molar-refractivity contribution is -0.143. The average Bonchev–Trinajstić information content (AvgIpc) is 2.92. The molecule has 0 saturated heterocycles. The van der Waals surface area contributed by atoms with Crippen LogP contribution in [0.5, 0.6) is 0 Å². The zero-order chi connectivity index (χ0) is 19.4. The number of hydrogen-bond donors (Lipinski definition) is 0. The normalized spacial score (nSPS) is 11.3. The minimum Gasteiger partial charge on any atom is -0.464 e. The minimum atomic E-state index is -0.296. The van der Waals surface area contributed by atoms with Crippen LogP contribution in [0.15, 0.2) is 42.5 Å². The summed E-state index contributed by atoms with van der Waals surface area (Å²) in [6, 6.07) is 13.2. The van der Waals surface area contributed by atoms with E-state index in [1.165, 1.54) is 0 Å². The second-order valence-corrected chi connectivity index (χ2v) is 7.45. The molecule has 0 spiro atoms. The van der Waals surface area contributed by atoms with Crippen molar-refractivity contribution >= 4 is 40.2 Å². The molecule has 7 heteroatoms. The fourth-order valence-corrected chi connectivity index (χ4v) is 3.05. The summed E-state index contributed by atoms with van der Waals surface area (Å²) < 4.78 is 7.34. The largest absolute Gasteiger partial charge is 0.464 e. The number of carbonyl (C=O) groups excluding carboxylic acids is 1. The number of aromatic nitrogens is 2. The summed E-state index contributed by atoms with van der Waals surface area (Å²) in [7, 11) is 3.87. The second-order valence-electron chi connectivity index (χ2n) is 6.57. The summed E-state index contributed by atoms with van der Waals surface area (Å²) in [6.45, 7) is 1.62.